The molecule has 0 radical (unpaired) electrons. The predicted octanol–water partition coefficient (Wildman–Crippen LogP) is 1.28. The lowest BCUT2D eigenvalue weighted by molar-refractivity contribution is 0.218. The van der Waals surface area contributed by atoms with Crippen molar-refractivity contribution in [1.82, 2.24) is 5.32 Å². The van der Waals surface area contributed by atoms with Gasteiger partial charge >= 0.3 is 0 Å². The molecule has 1 rings (SSSR count). The minimum atomic E-state index is -0.902. The van der Waals surface area contributed by atoms with E-state index in [1.807, 2.05) is 19.1 Å². The van der Waals surface area contributed by atoms with Gasteiger partial charge in [0.05, 0.1) is 18.9 Å². The Kier molecular flexibility index (Phi) is 6.37. The minimum Gasteiger partial charge on any atom is -0.464 e. The molecule has 1 atom stereocenters. The second-order valence-corrected chi connectivity index (χ2v) is 5.01. The quantitative estimate of drug-likeness (QED) is 0.749. The Labute approximate surface area is 98.8 Å². The van der Waals surface area contributed by atoms with Crippen LogP contribution in [0.4, 0.5) is 0 Å². The topological polar surface area (TPSA) is 51.5 Å². The van der Waals surface area contributed by atoms with Gasteiger partial charge in [-0.1, -0.05) is 6.92 Å². The molecule has 16 heavy (non-hydrogen) atoms. The average Bonchev–Trinajstić information content (AvgIpc) is 2.71. The molecule has 1 aromatic heterocycles. The van der Waals surface area contributed by atoms with Gasteiger partial charge in [0.1, 0.15) is 11.5 Å². The van der Waals surface area contributed by atoms with Gasteiger partial charge in [-0.05, 0) is 18.7 Å². The maximum absolute atomic E-state index is 11.6. The molecule has 0 spiro atoms. The van der Waals surface area contributed by atoms with Gasteiger partial charge in [-0.2, -0.15) is 0 Å². The maximum atomic E-state index is 11.6. The van der Waals surface area contributed by atoms with Crippen molar-refractivity contribution < 1.29 is 13.4 Å². The highest BCUT2D eigenvalue weighted by Crippen LogP contribution is 2.10. The summed E-state index contributed by atoms with van der Waals surface area (Å²) in [6.45, 7) is 4.21. The average molecular weight is 245 g/mol. The monoisotopic (exact) mass is 245 g/mol. The molecule has 1 aromatic rings. The van der Waals surface area contributed by atoms with Crippen molar-refractivity contribution in [2.75, 3.05) is 26.0 Å². The van der Waals surface area contributed by atoms with Crippen molar-refractivity contribution in [3.05, 3.63) is 23.7 Å². The van der Waals surface area contributed by atoms with E-state index in [2.05, 4.69) is 5.32 Å². The van der Waals surface area contributed by atoms with Gasteiger partial charge in [0.2, 0.25) is 0 Å². The predicted molar refractivity (Wildman–Crippen MR) is 64.7 cm³/mol. The highest BCUT2D eigenvalue weighted by atomic mass is 32.2. The summed E-state index contributed by atoms with van der Waals surface area (Å²) in [5, 5.41) is 3.18. The van der Waals surface area contributed by atoms with Crippen molar-refractivity contribution in [3.8, 4) is 0 Å². The largest absolute Gasteiger partial charge is 0.464 e. The van der Waals surface area contributed by atoms with Crippen LogP contribution in [0.3, 0.4) is 0 Å². The second kappa shape index (κ2) is 7.60. The second-order valence-electron chi connectivity index (χ2n) is 3.43. The molecule has 5 heteroatoms. The Bertz CT molecular complexity index is 325. The summed E-state index contributed by atoms with van der Waals surface area (Å²) in [4.78, 5) is 0. The normalized spacial score (nSPS) is 12.9. The van der Waals surface area contributed by atoms with Gasteiger partial charge < -0.3 is 14.5 Å². The van der Waals surface area contributed by atoms with E-state index in [9.17, 15) is 4.21 Å². The summed E-state index contributed by atoms with van der Waals surface area (Å²) in [5.74, 6) is 2.69. The molecular weight excluding hydrogens is 226 g/mol. The first-order valence-corrected chi connectivity index (χ1v) is 6.87. The van der Waals surface area contributed by atoms with E-state index in [-0.39, 0.29) is 0 Å². The number of nitrogens with one attached hydrogen (secondary N) is 1. The fourth-order valence-electron chi connectivity index (χ4n) is 1.25. The van der Waals surface area contributed by atoms with Crippen LogP contribution in [-0.4, -0.2) is 30.2 Å². The van der Waals surface area contributed by atoms with Crippen LogP contribution in [0.5, 0.6) is 0 Å². The first-order chi connectivity index (χ1) is 7.76. The smallest absolute Gasteiger partial charge is 0.118 e. The van der Waals surface area contributed by atoms with E-state index < -0.39 is 10.8 Å². The molecule has 0 amide bonds. The van der Waals surface area contributed by atoms with Crippen LogP contribution >= 0.6 is 0 Å². The molecule has 0 bridgehead atoms. The Morgan fingerprint density at radius 3 is 2.88 bits per heavy atom. The zero-order chi connectivity index (χ0) is 11.8. The van der Waals surface area contributed by atoms with E-state index in [1.54, 1.807) is 7.11 Å². The molecule has 0 saturated carbocycles. The molecule has 0 aliphatic heterocycles. The van der Waals surface area contributed by atoms with Crippen LogP contribution in [0, 0.1) is 0 Å². The summed E-state index contributed by atoms with van der Waals surface area (Å²) in [6.07, 6.45) is 0. The number of hydrogen-bond acceptors (Lipinski definition) is 4. The van der Waals surface area contributed by atoms with Gasteiger partial charge in [0.15, 0.2) is 0 Å². The van der Waals surface area contributed by atoms with Crippen molar-refractivity contribution in [2.24, 2.45) is 0 Å². The first-order valence-electron chi connectivity index (χ1n) is 5.38. The van der Waals surface area contributed by atoms with E-state index in [0.29, 0.717) is 18.1 Å². The highest BCUT2D eigenvalue weighted by molar-refractivity contribution is 7.84. The highest BCUT2D eigenvalue weighted by Gasteiger charge is 2.06. The number of methoxy groups -OCH3 is 1. The number of rotatable bonds is 8. The Morgan fingerprint density at radius 1 is 1.44 bits per heavy atom. The third-order valence-corrected chi connectivity index (χ3v) is 3.31. The third-order valence-electron chi connectivity index (χ3n) is 2.08. The van der Waals surface area contributed by atoms with E-state index in [4.69, 9.17) is 9.15 Å². The standard InChI is InChI=1S/C11H19NO3S/c1-3-12-8-10-4-5-11(15-10)9-16(13)7-6-14-2/h4-5,12H,3,6-9H2,1-2H3. The minimum absolute atomic E-state index is 0.468. The fraction of sp³-hybridized carbons (Fsp3) is 0.636. The molecule has 1 heterocycles. The Balaban J connectivity index is 2.36. The number of ether oxygens (including phenoxy) is 1. The first kappa shape index (κ1) is 13.4. The number of hydrogen-bond donors (Lipinski definition) is 1. The molecule has 0 saturated heterocycles. The summed E-state index contributed by atoms with van der Waals surface area (Å²) in [6, 6.07) is 3.81. The lowest BCUT2D eigenvalue weighted by Crippen LogP contribution is -2.10. The zero-order valence-corrected chi connectivity index (χ0v) is 10.6. The van der Waals surface area contributed by atoms with E-state index in [1.165, 1.54) is 0 Å². The van der Waals surface area contributed by atoms with Crippen LogP contribution < -0.4 is 5.32 Å². The van der Waals surface area contributed by atoms with E-state index >= 15 is 0 Å². The van der Waals surface area contributed by atoms with Crippen LogP contribution in [0.15, 0.2) is 16.5 Å². The third kappa shape index (κ3) is 4.92. The number of furan rings is 1. The molecule has 1 unspecified atom stereocenters. The van der Waals surface area contributed by atoms with Gasteiger partial charge in [0, 0.05) is 23.7 Å². The van der Waals surface area contributed by atoms with Crippen molar-refractivity contribution in [3.63, 3.8) is 0 Å². The molecule has 0 aliphatic carbocycles. The van der Waals surface area contributed by atoms with E-state index in [0.717, 1.165) is 24.6 Å². The van der Waals surface area contributed by atoms with Gasteiger partial charge in [-0.25, -0.2) is 0 Å². The Morgan fingerprint density at radius 2 is 2.19 bits per heavy atom. The SMILES string of the molecule is CCNCc1ccc(CS(=O)CCOC)o1. The molecule has 0 aliphatic rings. The molecule has 4 nitrogen and oxygen atoms in total. The lowest BCUT2D eigenvalue weighted by Gasteiger charge is -1.99. The summed E-state index contributed by atoms with van der Waals surface area (Å²) < 4.78 is 22.0. The summed E-state index contributed by atoms with van der Waals surface area (Å²) >= 11 is 0. The summed E-state index contributed by atoms with van der Waals surface area (Å²) in [5.41, 5.74) is 0. The van der Waals surface area contributed by atoms with Gasteiger partial charge in [-0.15, -0.1) is 0 Å². The maximum Gasteiger partial charge on any atom is 0.118 e. The summed E-state index contributed by atoms with van der Waals surface area (Å²) in [7, 11) is 0.707. The lowest BCUT2D eigenvalue weighted by atomic mass is 10.4. The van der Waals surface area contributed by atoms with Crippen molar-refractivity contribution in [1.29, 1.82) is 0 Å². The van der Waals surface area contributed by atoms with Gasteiger partial charge in [-0.3, -0.25) is 4.21 Å². The van der Waals surface area contributed by atoms with Crippen LogP contribution in [-0.2, 0) is 27.8 Å². The zero-order valence-electron chi connectivity index (χ0n) is 9.82. The van der Waals surface area contributed by atoms with Crippen LogP contribution in [0.2, 0.25) is 0 Å². The van der Waals surface area contributed by atoms with Gasteiger partial charge in [0.25, 0.3) is 0 Å². The fourth-order valence-corrected chi connectivity index (χ4v) is 2.22. The van der Waals surface area contributed by atoms with Crippen LogP contribution in [0.1, 0.15) is 18.4 Å². The molecule has 1 N–H and O–H groups in total. The molecule has 0 aromatic carbocycles. The van der Waals surface area contributed by atoms with Crippen molar-refractivity contribution >= 4 is 10.8 Å². The molecule has 92 valence electrons. The van der Waals surface area contributed by atoms with Crippen LogP contribution in [0.25, 0.3) is 0 Å². The Hall–Kier alpha value is -0.650. The van der Waals surface area contributed by atoms with Crippen molar-refractivity contribution in [2.45, 2.75) is 19.2 Å². The molecule has 0 fully saturated rings. The molecular formula is C11H19NO3S.